The van der Waals surface area contributed by atoms with Crippen LogP contribution in [0.5, 0.6) is 0 Å². The van der Waals surface area contributed by atoms with Crippen molar-refractivity contribution < 1.29 is 9.72 Å². The van der Waals surface area contributed by atoms with E-state index >= 15 is 0 Å². The molecule has 7 nitrogen and oxygen atoms in total. The Hall–Kier alpha value is -2.77. The fraction of sp³-hybridized carbons (Fsp3) is 0. The molecule has 0 spiro atoms. The molecule has 0 saturated heterocycles. The van der Waals surface area contributed by atoms with Crippen molar-refractivity contribution >= 4 is 46.4 Å². The van der Waals surface area contributed by atoms with Crippen LogP contribution in [-0.2, 0) is 4.79 Å². The summed E-state index contributed by atoms with van der Waals surface area (Å²) in [5.41, 5.74) is 0.985. The summed E-state index contributed by atoms with van der Waals surface area (Å²) in [4.78, 5) is 23.7. The van der Waals surface area contributed by atoms with Crippen LogP contribution in [0.4, 0.5) is 11.4 Å². The van der Waals surface area contributed by atoms with Gasteiger partial charge in [-0.05, 0) is 12.1 Å². The SMILES string of the molecule is O=C(NCl)/C(Cl)=C(\N=Nc1ccc([N+](=O)[O-])cc1)c1ccccc1. The van der Waals surface area contributed by atoms with Gasteiger partial charge in [-0.2, -0.15) is 5.11 Å². The Morgan fingerprint density at radius 3 is 2.25 bits per heavy atom. The van der Waals surface area contributed by atoms with Crippen molar-refractivity contribution in [3.05, 3.63) is 75.3 Å². The minimum Gasteiger partial charge on any atom is -0.267 e. The predicted molar refractivity (Wildman–Crippen MR) is 90.8 cm³/mol. The molecular formula is C15H10Cl2N4O3. The first-order valence-electron chi connectivity index (χ1n) is 6.55. The number of amides is 1. The van der Waals surface area contributed by atoms with Crippen molar-refractivity contribution in [3.63, 3.8) is 0 Å². The fourth-order valence-electron chi connectivity index (χ4n) is 1.72. The first-order chi connectivity index (χ1) is 11.5. The molecule has 0 bridgehead atoms. The normalized spacial score (nSPS) is 11.9. The lowest BCUT2D eigenvalue weighted by molar-refractivity contribution is -0.384. The van der Waals surface area contributed by atoms with Crippen LogP contribution in [0.2, 0.25) is 0 Å². The van der Waals surface area contributed by atoms with E-state index in [9.17, 15) is 14.9 Å². The van der Waals surface area contributed by atoms with Gasteiger partial charge < -0.3 is 0 Å². The molecule has 0 aliphatic carbocycles. The molecule has 0 aliphatic heterocycles. The number of carbonyl (C=O) groups excluding carboxylic acids is 1. The van der Waals surface area contributed by atoms with Gasteiger partial charge in [-0.3, -0.25) is 19.7 Å². The summed E-state index contributed by atoms with van der Waals surface area (Å²) in [5, 5.41) is 18.3. The number of rotatable bonds is 5. The average Bonchev–Trinajstić information content (AvgIpc) is 2.62. The van der Waals surface area contributed by atoms with Crippen molar-refractivity contribution in [2.45, 2.75) is 0 Å². The molecule has 1 amide bonds. The molecule has 0 aliphatic rings. The Kier molecular flexibility index (Phi) is 6.00. The fourth-order valence-corrected chi connectivity index (χ4v) is 2.06. The van der Waals surface area contributed by atoms with Crippen LogP contribution in [0.15, 0.2) is 69.9 Å². The van der Waals surface area contributed by atoms with Crippen molar-refractivity contribution in [2.75, 3.05) is 0 Å². The number of hydrogen-bond donors (Lipinski definition) is 1. The van der Waals surface area contributed by atoms with E-state index in [1.165, 1.54) is 24.3 Å². The Morgan fingerprint density at radius 2 is 1.71 bits per heavy atom. The van der Waals surface area contributed by atoms with Crippen molar-refractivity contribution in [3.8, 4) is 0 Å². The van der Waals surface area contributed by atoms with E-state index in [0.717, 1.165) is 0 Å². The molecule has 0 unspecified atom stereocenters. The van der Waals surface area contributed by atoms with Crippen molar-refractivity contribution in [1.82, 2.24) is 4.84 Å². The van der Waals surface area contributed by atoms with E-state index in [0.29, 0.717) is 11.3 Å². The van der Waals surface area contributed by atoms with Gasteiger partial charge in [-0.1, -0.05) is 41.9 Å². The number of nitro benzene ring substituents is 1. The number of nitro groups is 1. The summed E-state index contributed by atoms with van der Waals surface area (Å²) < 4.78 is 0. The number of nitrogens with zero attached hydrogens (tertiary/aromatic N) is 3. The molecule has 0 heterocycles. The molecule has 2 rings (SSSR count). The van der Waals surface area contributed by atoms with Crippen LogP contribution < -0.4 is 4.84 Å². The number of hydrogen-bond acceptors (Lipinski definition) is 5. The zero-order chi connectivity index (χ0) is 17.5. The van der Waals surface area contributed by atoms with Crippen LogP contribution in [0.3, 0.4) is 0 Å². The lowest BCUT2D eigenvalue weighted by atomic mass is 10.1. The maximum atomic E-state index is 11.6. The monoisotopic (exact) mass is 364 g/mol. The molecular weight excluding hydrogens is 355 g/mol. The molecule has 0 radical (unpaired) electrons. The van der Waals surface area contributed by atoms with Gasteiger partial charge in [0, 0.05) is 29.5 Å². The second kappa shape index (κ2) is 8.19. The zero-order valence-corrected chi connectivity index (χ0v) is 13.5. The number of azo groups is 1. The predicted octanol–water partition coefficient (Wildman–Crippen LogP) is 4.56. The van der Waals surface area contributed by atoms with Gasteiger partial charge in [0.1, 0.15) is 10.7 Å². The summed E-state index contributed by atoms with van der Waals surface area (Å²) >= 11 is 11.3. The number of carbonyl (C=O) groups is 1. The Balaban J connectivity index is 2.38. The highest BCUT2D eigenvalue weighted by atomic mass is 35.5. The second-order valence-corrected chi connectivity index (χ2v) is 4.99. The summed E-state index contributed by atoms with van der Waals surface area (Å²) in [7, 11) is 0. The van der Waals surface area contributed by atoms with E-state index in [4.69, 9.17) is 23.4 Å². The number of halogens is 2. The van der Waals surface area contributed by atoms with Gasteiger partial charge in [-0.25, -0.2) is 0 Å². The Labute approximate surface area is 146 Å². The number of benzene rings is 2. The lowest BCUT2D eigenvalue weighted by Crippen LogP contribution is -2.13. The number of non-ortho nitro benzene ring substituents is 1. The van der Waals surface area contributed by atoms with Gasteiger partial charge in [0.05, 0.1) is 10.6 Å². The maximum absolute atomic E-state index is 11.6. The van der Waals surface area contributed by atoms with Gasteiger partial charge in [-0.15, -0.1) is 5.11 Å². The van der Waals surface area contributed by atoms with Gasteiger partial charge in [0.2, 0.25) is 0 Å². The average molecular weight is 365 g/mol. The highest BCUT2D eigenvalue weighted by Gasteiger charge is 2.14. The molecule has 122 valence electrons. The summed E-state index contributed by atoms with van der Waals surface area (Å²) in [6.07, 6.45) is 0. The second-order valence-electron chi connectivity index (χ2n) is 4.43. The molecule has 2 aromatic rings. The van der Waals surface area contributed by atoms with Gasteiger partial charge in [0.25, 0.3) is 11.6 Å². The summed E-state index contributed by atoms with van der Waals surface area (Å²) in [6, 6.07) is 14.2. The summed E-state index contributed by atoms with van der Waals surface area (Å²) in [5.74, 6) is -0.722. The van der Waals surface area contributed by atoms with Crippen molar-refractivity contribution in [1.29, 1.82) is 0 Å². The first-order valence-corrected chi connectivity index (χ1v) is 7.31. The molecule has 24 heavy (non-hydrogen) atoms. The third-order valence-corrected chi connectivity index (χ3v) is 3.39. The molecule has 0 saturated carbocycles. The highest BCUT2D eigenvalue weighted by molar-refractivity contribution is 6.47. The molecule has 9 heteroatoms. The first kappa shape index (κ1) is 17.6. The largest absolute Gasteiger partial charge is 0.279 e. The molecule has 0 atom stereocenters. The quantitative estimate of drug-likeness (QED) is 0.277. The topological polar surface area (TPSA) is 97.0 Å². The van der Waals surface area contributed by atoms with E-state index in [-0.39, 0.29) is 16.4 Å². The van der Waals surface area contributed by atoms with E-state index in [2.05, 4.69) is 10.2 Å². The smallest absolute Gasteiger partial charge is 0.267 e. The minimum absolute atomic E-state index is 0.0627. The lowest BCUT2D eigenvalue weighted by Gasteiger charge is -2.04. The summed E-state index contributed by atoms with van der Waals surface area (Å²) in [6.45, 7) is 0. The molecule has 1 N–H and O–H groups in total. The van der Waals surface area contributed by atoms with Crippen LogP contribution >= 0.6 is 23.4 Å². The number of nitrogens with one attached hydrogen (secondary N) is 1. The van der Waals surface area contributed by atoms with E-state index in [1.54, 1.807) is 30.3 Å². The standard InChI is InChI=1S/C15H10Cl2N4O3/c16-13(15(22)18-17)14(10-4-2-1-3-5-10)20-19-11-6-8-12(9-7-11)21(23)24/h1-9H,(H,18,22)/b14-13+,20-19?. The van der Waals surface area contributed by atoms with Crippen LogP contribution in [0.25, 0.3) is 5.70 Å². The van der Waals surface area contributed by atoms with Crippen LogP contribution in [0.1, 0.15) is 5.56 Å². The molecule has 0 fully saturated rings. The van der Waals surface area contributed by atoms with E-state index in [1.807, 2.05) is 4.84 Å². The Morgan fingerprint density at radius 1 is 1.08 bits per heavy atom. The maximum Gasteiger partial charge on any atom is 0.279 e. The zero-order valence-electron chi connectivity index (χ0n) is 12.0. The van der Waals surface area contributed by atoms with Crippen molar-refractivity contribution in [2.24, 2.45) is 10.2 Å². The molecule has 0 aromatic heterocycles. The van der Waals surface area contributed by atoms with E-state index < -0.39 is 10.8 Å². The highest BCUT2D eigenvalue weighted by Crippen LogP contribution is 2.26. The van der Waals surface area contributed by atoms with Crippen LogP contribution in [0, 0.1) is 10.1 Å². The minimum atomic E-state index is -0.722. The third-order valence-electron chi connectivity index (χ3n) is 2.87. The molecule has 2 aromatic carbocycles. The third kappa shape index (κ3) is 4.37. The van der Waals surface area contributed by atoms with Crippen LogP contribution in [-0.4, -0.2) is 10.8 Å². The van der Waals surface area contributed by atoms with Gasteiger partial charge >= 0.3 is 0 Å². The Bertz CT molecular complexity index is 805. The van der Waals surface area contributed by atoms with Gasteiger partial charge in [0.15, 0.2) is 0 Å².